The number of piperidine rings is 1. The van der Waals surface area contributed by atoms with Crippen molar-refractivity contribution in [3.8, 4) is 17.3 Å². The maximum atomic E-state index is 14.2. The molecular formula is C20H17F2N5O. The van der Waals surface area contributed by atoms with E-state index in [4.69, 9.17) is 4.74 Å². The van der Waals surface area contributed by atoms with Gasteiger partial charge in [0.1, 0.15) is 35.1 Å². The first-order chi connectivity index (χ1) is 13.7. The fourth-order valence-electron chi connectivity index (χ4n) is 3.47. The third kappa shape index (κ3) is 2.95. The van der Waals surface area contributed by atoms with Crippen LogP contribution in [-0.2, 0) is 0 Å². The zero-order chi connectivity index (χ0) is 19.1. The number of aromatic nitrogens is 4. The Kier molecular flexibility index (Phi) is 4.12. The number of hydrogen-bond donors (Lipinski definition) is 1. The van der Waals surface area contributed by atoms with Crippen molar-refractivity contribution in [2.45, 2.75) is 18.7 Å². The van der Waals surface area contributed by atoms with Crippen LogP contribution in [0.1, 0.15) is 6.42 Å². The molecule has 28 heavy (non-hydrogen) atoms. The molecule has 142 valence electrons. The van der Waals surface area contributed by atoms with Gasteiger partial charge >= 0.3 is 0 Å². The van der Waals surface area contributed by atoms with E-state index in [0.717, 1.165) is 5.39 Å². The second-order valence-electron chi connectivity index (χ2n) is 6.79. The SMILES string of the molecule is Fc1ccc2nnc(-c3ccc4cccc(O[C@@H]5CCNC[C@@H]5F)c4n3)n2c1. The van der Waals surface area contributed by atoms with Gasteiger partial charge in [-0.15, -0.1) is 10.2 Å². The Bertz CT molecular complexity index is 1160. The van der Waals surface area contributed by atoms with Gasteiger partial charge in [0.15, 0.2) is 11.5 Å². The van der Waals surface area contributed by atoms with Crippen LogP contribution in [-0.4, -0.2) is 44.9 Å². The van der Waals surface area contributed by atoms with Gasteiger partial charge in [0.2, 0.25) is 0 Å². The molecule has 0 aliphatic carbocycles. The fraction of sp³-hybridized carbons (Fsp3) is 0.250. The smallest absolute Gasteiger partial charge is 0.187 e. The molecular weight excluding hydrogens is 364 g/mol. The topological polar surface area (TPSA) is 64.3 Å². The number of halogens is 2. The van der Waals surface area contributed by atoms with E-state index in [1.165, 1.54) is 12.3 Å². The summed E-state index contributed by atoms with van der Waals surface area (Å²) >= 11 is 0. The van der Waals surface area contributed by atoms with E-state index in [1.807, 2.05) is 18.2 Å². The minimum absolute atomic E-state index is 0.283. The molecule has 0 spiro atoms. The fourth-order valence-corrected chi connectivity index (χ4v) is 3.47. The molecule has 1 aliphatic heterocycles. The Morgan fingerprint density at radius 1 is 1.11 bits per heavy atom. The van der Waals surface area contributed by atoms with Crippen LogP contribution in [0.3, 0.4) is 0 Å². The summed E-state index contributed by atoms with van der Waals surface area (Å²) in [6.45, 7) is 0.997. The lowest BCUT2D eigenvalue weighted by Gasteiger charge is -2.27. The molecule has 0 radical (unpaired) electrons. The second-order valence-corrected chi connectivity index (χ2v) is 6.79. The molecule has 1 saturated heterocycles. The maximum Gasteiger partial charge on any atom is 0.187 e. The van der Waals surface area contributed by atoms with Gasteiger partial charge in [-0.2, -0.15) is 0 Å². The van der Waals surface area contributed by atoms with Crippen LogP contribution in [0, 0.1) is 5.82 Å². The van der Waals surface area contributed by atoms with E-state index in [2.05, 4.69) is 20.5 Å². The number of para-hydroxylation sites is 1. The van der Waals surface area contributed by atoms with E-state index < -0.39 is 18.1 Å². The Balaban J connectivity index is 1.59. The van der Waals surface area contributed by atoms with Crippen molar-refractivity contribution in [2.24, 2.45) is 0 Å². The number of benzene rings is 1. The van der Waals surface area contributed by atoms with Crippen molar-refractivity contribution < 1.29 is 13.5 Å². The molecule has 1 N–H and O–H groups in total. The number of alkyl halides is 1. The number of nitrogens with zero attached hydrogens (tertiary/aromatic N) is 4. The van der Waals surface area contributed by atoms with Crippen molar-refractivity contribution >= 4 is 16.6 Å². The molecule has 2 atom stereocenters. The quantitative estimate of drug-likeness (QED) is 0.591. The van der Waals surface area contributed by atoms with Crippen LogP contribution in [0.15, 0.2) is 48.7 Å². The van der Waals surface area contributed by atoms with Crippen molar-refractivity contribution in [3.05, 3.63) is 54.5 Å². The molecule has 3 aromatic heterocycles. The van der Waals surface area contributed by atoms with Crippen LogP contribution in [0.5, 0.6) is 5.75 Å². The zero-order valence-electron chi connectivity index (χ0n) is 14.8. The Labute approximate surface area is 159 Å². The zero-order valence-corrected chi connectivity index (χ0v) is 14.8. The summed E-state index contributed by atoms with van der Waals surface area (Å²) < 4.78 is 35.4. The maximum absolute atomic E-state index is 14.2. The van der Waals surface area contributed by atoms with Crippen molar-refractivity contribution in [3.63, 3.8) is 0 Å². The summed E-state index contributed by atoms with van der Waals surface area (Å²) in [4.78, 5) is 4.68. The van der Waals surface area contributed by atoms with Crippen LogP contribution in [0.25, 0.3) is 28.1 Å². The Morgan fingerprint density at radius 2 is 2.04 bits per heavy atom. The highest BCUT2D eigenvalue weighted by Gasteiger charge is 2.27. The molecule has 5 rings (SSSR count). The molecule has 4 aromatic rings. The molecule has 0 amide bonds. The average molecular weight is 381 g/mol. The highest BCUT2D eigenvalue weighted by Crippen LogP contribution is 2.29. The highest BCUT2D eigenvalue weighted by molar-refractivity contribution is 5.86. The predicted octanol–water partition coefficient (Wildman–Crippen LogP) is 3.16. The van der Waals surface area contributed by atoms with E-state index in [-0.39, 0.29) is 6.54 Å². The summed E-state index contributed by atoms with van der Waals surface area (Å²) in [6.07, 6.45) is 0.323. The number of pyridine rings is 2. The molecule has 1 fully saturated rings. The van der Waals surface area contributed by atoms with Crippen LogP contribution in [0.4, 0.5) is 8.78 Å². The number of rotatable bonds is 3. The lowest BCUT2D eigenvalue weighted by Crippen LogP contribution is -2.44. The predicted molar refractivity (Wildman–Crippen MR) is 100 cm³/mol. The normalized spacial score (nSPS) is 19.9. The van der Waals surface area contributed by atoms with Gasteiger partial charge in [0.25, 0.3) is 0 Å². The minimum atomic E-state index is -1.07. The first kappa shape index (κ1) is 17.0. The molecule has 1 aliphatic rings. The molecule has 8 heteroatoms. The lowest BCUT2D eigenvalue weighted by molar-refractivity contribution is 0.0742. The third-order valence-electron chi connectivity index (χ3n) is 4.91. The van der Waals surface area contributed by atoms with Crippen molar-refractivity contribution in [1.29, 1.82) is 0 Å². The van der Waals surface area contributed by atoms with Gasteiger partial charge in [-0.3, -0.25) is 4.40 Å². The monoisotopic (exact) mass is 381 g/mol. The van der Waals surface area contributed by atoms with Gasteiger partial charge in [-0.25, -0.2) is 13.8 Å². The number of hydrogen-bond acceptors (Lipinski definition) is 5. The van der Waals surface area contributed by atoms with Gasteiger partial charge in [0, 0.05) is 18.1 Å². The van der Waals surface area contributed by atoms with E-state index in [9.17, 15) is 8.78 Å². The molecule has 4 heterocycles. The molecule has 0 saturated carbocycles. The summed E-state index contributed by atoms with van der Waals surface area (Å²) in [5.74, 6) is 0.559. The number of fused-ring (bicyclic) bond motifs is 2. The summed E-state index contributed by atoms with van der Waals surface area (Å²) in [6, 6.07) is 12.1. The number of ether oxygens (including phenoxy) is 1. The van der Waals surface area contributed by atoms with Gasteiger partial charge < -0.3 is 10.1 Å². The first-order valence-corrected chi connectivity index (χ1v) is 9.11. The summed E-state index contributed by atoms with van der Waals surface area (Å²) in [5, 5.41) is 12.1. The summed E-state index contributed by atoms with van der Waals surface area (Å²) in [7, 11) is 0. The lowest BCUT2D eigenvalue weighted by atomic mass is 10.1. The standard InChI is InChI=1S/C20H17F2N5O/c21-13-5-7-18-25-26-20(27(18)11-13)15-6-4-12-2-1-3-17(19(12)24-15)28-16-8-9-23-10-14(16)22/h1-7,11,14,16,23H,8-10H2/t14-,16+/m0/s1. The molecule has 0 unspecified atom stereocenters. The molecule has 6 nitrogen and oxygen atoms in total. The van der Waals surface area contributed by atoms with Gasteiger partial charge in [-0.1, -0.05) is 18.2 Å². The van der Waals surface area contributed by atoms with Crippen LogP contribution >= 0.6 is 0 Å². The summed E-state index contributed by atoms with van der Waals surface area (Å²) in [5.41, 5.74) is 1.67. The van der Waals surface area contributed by atoms with Crippen LogP contribution in [0.2, 0.25) is 0 Å². The van der Waals surface area contributed by atoms with E-state index in [1.54, 1.807) is 22.6 Å². The largest absolute Gasteiger partial charge is 0.485 e. The Hall–Kier alpha value is -3.13. The van der Waals surface area contributed by atoms with Crippen molar-refractivity contribution in [2.75, 3.05) is 13.1 Å². The van der Waals surface area contributed by atoms with E-state index in [0.29, 0.717) is 41.4 Å². The highest BCUT2D eigenvalue weighted by atomic mass is 19.1. The molecule has 0 bridgehead atoms. The van der Waals surface area contributed by atoms with Gasteiger partial charge in [0.05, 0.1) is 0 Å². The average Bonchev–Trinajstić information content (AvgIpc) is 3.12. The van der Waals surface area contributed by atoms with Crippen LogP contribution < -0.4 is 10.1 Å². The molecule has 1 aromatic carbocycles. The van der Waals surface area contributed by atoms with Gasteiger partial charge in [-0.05, 0) is 37.2 Å². The first-order valence-electron chi connectivity index (χ1n) is 9.11. The Morgan fingerprint density at radius 3 is 2.93 bits per heavy atom. The minimum Gasteiger partial charge on any atom is -0.485 e. The van der Waals surface area contributed by atoms with E-state index >= 15 is 0 Å². The second kappa shape index (κ2) is 6.79. The van der Waals surface area contributed by atoms with Crippen molar-refractivity contribution in [1.82, 2.24) is 24.9 Å². The third-order valence-corrected chi connectivity index (χ3v) is 4.91. The number of nitrogens with one attached hydrogen (secondary N) is 1.